The van der Waals surface area contributed by atoms with E-state index >= 15 is 0 Å². The lowest BCUT2D eigenvalue weighted by Gasteiger charge is -2.37. The molecule has 0 bridgehead atoms. The van der Waals surface area contributed by atoms with Crippen molar-refractivity contribution in [3.05, 3.63) is 23.3 Å². The molecule has 3 aliphatic rings. The molecule has 0 amide bonds. The molecular formula is C30H46F2O2. The Kier molecular flexibility index (Phi) is 9.53. The third-order valence-electron chi connectivity index (χ3n) is 8.98. The fourth-order valence-corrected chi connectivity index (χ4v) is 6.81. The van der Waals surface area contributed by atoms with Crippen molar-refractivity contribution in [2.24, 2.45) is 23.7 Å². The van der Waals surface area contributed by atoms with Crippen molar-refractivity contribution in [2.45, 2.75) is 123 Å². The third kappa shape index (κ3) is 6.46. The standard InChI is InChI=1S/C30H46F2O2/c1-3-5-6-8-26-18-17-25-19-27(28(31)29(32)30(25)34-26)33-20-22-11-15-24(16-12-22)23-13-9-21(7-4-2)10-14-23/h19,21-24,26H,3-18,20H2,1-2H3. The molecular weight excluding hydrogens is 430 g/mol. The van der Waals surface area contributed by atoms with Gasteiger partial charge in [-0.2, -0.15) is 8.78 Å². The second-order valence-corrected chi connectivity index (χ2v) is 11.4. The molecule has 1 aliphatic heterocycles. The minimum absolute atomic E-state index is 0.00315. The average Bonchev–Trinajstić information content (AvgIpc) is 2.87. The van der Waals surface area contributed by atoms with Crippen LogP contribution in [0.25, 0.3) is 0 Å². The minimum Gasteiger partial charge on any atom is -0.490 e. The highest BCUT2D eigenvalue weighted by Gasteiger charge is 2.32. The van der Waals surface area contributed by atoms with Crippen molar-refractivity contribution >= 4 is 0 Å². The normalized spacial score (nSPS) is 29.4. The molecule has 1 aromatic rings. The molecule has 1 unspecified atom stereocenters. The molecule has 1 atom stereocenters. The molecule has 4 heteroatoms. The summed E-state index contributed by atoms with van der Waals surface area (Å²) in [7, 11) is 0. The van der Waals surface area contributed by atoms with Gasteiger partial charge < -0.3 is 9.47 Å². The van der Waals surface area contributed by atoms with E-state index in [2.05, 4.69) is 13.8 Å². The highest BCUT2D eigenvalue weighted by molar-refractivity contribution is 5.44. The topological polar surface area (TPSA) is 18.5 Å². The molecule has 0 saturated heterocycles. The van der Waals surface area contributed by atoms with Crippen molar-refractivity contribution in [1.82, 2.24) is 0 Å². The van der Waals surface area contributed by atoms with E-state index in [9.17, 15) is 8.78 Å². The van der Waals surface area contributed by atoms with Gasteiger partial charge >= 0.3 is 0 Å². The first-order valence-corrected chi connectivity index (χ1v) is 14.4. The zero-order chi connectivity index (χ0) is 23.9. The number of rotatable bonds is 10. The lowest BCUT2D eigenvalue weighted by atomic mass is 9.69. The van der Waals surface area contributed by atoms with Gasteiger partial charge in [-0.3, -0.25) is 0 Å². The second kappa shape index (κ2) is 12.6. The van der Waals surface area contributed by atoms with Crippen LogP contribution < -0.4 is 9.47 Å². The van der Waals surface area contributed by atoms with Gasteiger partial charge in [-0.15, -0.1) is 0 Å². The zero-order valence-corrected chi connectivity index (χ0v) is 21.6. The molecule has 2 fully saturated rings. The van der Waals surface area contributed by atoms with Gasteiger partial charge in [0.2, 0.25) is 11.6 Å². The fraction of sp³-hybridized carbons (Fsp3) is 0.800. The van der Waals surface area contributed by atoms with Crippen LogP contribution in [0.5, 0.6) is 11.5 Å². The van der Waals surface area contributed by atoms with Gasteiger partial charge in [0.05, 0.1) is 12.7 Å². The Morgan fingerprint density at radius 1 is 0.794 bits per heavy atom. The molecule has 2 saturated carbocycles. The largest absolute Gasteiger partial charge is 0.490 e. The molecule has 0 aromatic heterocycles. The van der Waals surface area contributed by atoms with Gasteiger partial charge in [0, 0.05) is 5.56 Å². The van der Waals surface area contributed by atoms with Crippen LogP contribution in [0.1, 0.15) is 116 Å². The van der Waals surface area contributed by atoms with Crippen LogP contribution in [0.3, 0.4) is 0 Å². The molecule has 4 rings (SSSR count). The maximum Gasteiger partial charge on any atom is 0.204 e. The Balaban J connectivity index is 1.24. The minimum atomic E-state index is -0.884. The van der Waals surface area contributed by atoms with Crippen LogP contribution in [-0.4, -0.2) is 12.7 Å². The van der Waals surface area contributed by atoms with E-state index < -0.39 is 11.6 Å². The Labute approximate surface area is 206 Å². The smallest absolute Gasteiger partial charge is 0.204 e. The Morgan fingerprint density at radius 3 is 2.12 bits per heavy atom. The van der Waals surface area contributed by atoms with E-state index in [0.717, 1.165) is 74.7 Å². The van der Waals surface area contributed by atoms with E-state index in [1.807, 2.05) is 0 Å². The first kappa shape index (κ1) is 25.8. The first-order chi connectivity index (χ1) is 16.6. The predicted molar refractivity (Wildman–Crippen MR) is 135 cm³/mol. The molecule has 2 nitrogen and oxygen atoms in total. The van der Waals surface area contributed by atoms with E-state index in [0.29, 0.717) is 12.5 Å². The van der Waals surface area contributed by atoms with E-state index in [-0.39, 0.29) is 17.6 Å². The Morgan fingerprint density at radius 2 is 1.47 bits per heavy atom. The van der Waals surface area contributed by atoms with Crippen molar-refractivity contribution < 1.29 is 18.3 Å². The summed E-state index contributed by atoms with van der Waals surface area (Å²) in [6.07, 6.45) is 19.1. The van der Waals surface area contributed by atoms with E-state index in [4.69, 9.17) is 9.47 Å². The van der Waals surface area contributed by atoms with Crippen LogP contribution >= 0.6 is 0 Å². The number of benzene rings is 1. The van der Waals surface area contributed by atoms with Crippen LogP contribution in [0.2, 0.25) is 0 Å². The maximum atomic E-state index is 14.8. The molecule has 0 spiro atoms. The molecule has 192 valence electrons. The average molecular weight is 477 g/mol. The second-order valence-electron chi connectivity index (χ2n) is 11.4. The van der Waals surface area contributed by atoms with Crippen molar-refractivity contribution in [3.63, 3.8) is 0 Å². The van der Waals surface area contributed by atoms with Gasteiger partial charge in [0.15, 0.2) is 11.5 Å². The number of ether oxygens (including phenoxy) is 2. The lowest BCUT2D eigenvalue weighted by molar-refractivity contribution is 0.119. The van der Waals surface area contributed by atoms with Crippen LogP contribution in [0.15, 0.2) is 6.07 Å². The van der Waals surface area contributed by atoms with E-state index in [1.54, 1.807) is 6.07 Å². The zero-order valence-electron chi connectivity index (χ0n) is 21.6. The van der Waals surface area contributed by atoms with Crippen molar-refractivity contribution in [2.75, 3.05) is 6.61 Å². The highest BCUT2D eigenvalue weighted by atomic mass is 19.2. The number of unbranched alkanes of at least 4 members (excludes halogenated alkanes) is 2. The van der Waals surface area contributed by atoms with Gasteiger partial charge in [-0.1, -0.05) is 52.4 Å². The number of aryl methyl sites for hydroxylation is 1. The summed E-state index contributed by atoms with van der Waals surface area (Å²) in [4.78, 5) is 0. The molecule has 1 heterocycles. The van der Waals surface area contributed by atoms with Crippen LogP contribution in [0, 0.1) is 35.3 Å². The Bertz CT molecular complexity index is 764. The summed E-state index contributed by atoms with van der Waals surface area (Å²) in [5.41, 5.74) is 0.753. The van der Waals surface area contributed by atoms with Gasteiger partial charge in [0.25, 0.3) is 0 Å². The lowest BCUT2D eigenvalue weighted by Crippen LogP contribution is -2.27. The monoisotopic (exact) mass is 476 g/mol. The number of hydrogen-bond acceptors (Lipinski definition) is 2. The third-order valence-corrected chi connectivity index (χ3v) is 8.98. The summed E-state index contributed by atoms with van der Waals surface area (Å²) in [6, 6.07) is 1.69. The van der Waals surface area contributed by atoms with Crippen molar-refractivity contribution in [1.29, 1.82) is 0 Å². The quantitative estimate of drug-likeness (QED) is 0.314. The van der Waals surface area contributed by atoms with Gasteiger partial charge in [0.1, 0.15) is 0 Å². The summed E-state index contributed by atoms with van der Waals surface area (Å²) < 4.78 is 41.4. The van der Waals surface area contributed by atoms with Crippen molar-refractivity contribution in [3.8, 4) is 11.5 Å². The highest BCUT2D eigenvalue weighted by Crippen LogP contribution is 2.43. The predicted octanol–water partition coefficient (Wildman–Crippen LogP) is 9.03. The van der Waals surface area contributed by atoms with Crippen LogP contribution in [-0.2, 0) is 6.42 Å². The van der Waals surface area contributed by atoms with Gasteiger partial charge in [-0.25, -0.2) is 0 Å². The SMILES string of the molecule is CCCCCC1CCc2cc(OCC3CCC(C4CCC(CCC)CC4)CC3)c(F)c(F)c2O1. The fourth-order valence-electron chi connectivity index (χ4n) is 6.81. The Hall–Kier alpha value is -1.32. The summed E-state index contributed by atoms with van der Waals surface area (Å²) in [5, 5.41) is 0. The maximum absolute atomic E-state index is 14.8. The summed E-state index contributed by atoms with van der Waals surface area (Å²) >= 11 is 0. The first-order valence-electron chi connectivity index (χ1n) is 14.4. The molecule has 0 N–H and O–H groups in total. The number of fused-ring (bicyclic) bond motifs is 1. The molecule has 2 aliphatic carbocycles. The molecule has 1 aromatic carbocycles. The number of hydrogen-bond donors (Lipinski definition) is 0. The van der Waals surface area contributed by atoms with E-state index in [1.165, 1.54) is 51.4 Å². The number of halogens is 2. The van der Waals surface area contributed by atoms with Crippen LogP contribution in [0.4, 0.5) is 8.78 Å². The summed E-state index contributed by atoms with van der Waals surface area (Å²) in [5.74, 6) is 1.63. The molecule has 34 heavy (non-hydrogen) atoms. The summed E-state index contributed by atoms with van der Waals surface area (Å²) in [6.45, 7) is 4.96. The molecule has 0 radical (unpaired) electrons. The van der Waals surface area contributed by atoms with Gasteiger partial charge in [-0.05, 0) is 93.9 Å².